The van der Waals surface area contributed by atoms with Gasteiger partial charge in [-0.1, -0.05) is 0 Å². The lowest BCUT2D eigenvalue weighted by atomic mass is 10.1. The molecule has 0 heterocycles. The summed E-state index contributed by atoms with van der Waals surface area (Å²) in [6, 6.07) is 2.96. The minimum atomic E-state index is -0.464. The molecule has 6 heteroatoms. The number of methoxy groups -OCH3 is 2. The third-order valence-corrected chi connectivity index (χ3v) is 2.00. The molecule has 0 aliphatic carbocycles. The number of benzene rings is 1. The van der Waals surface area contributed by atoms with Crippen LogP contribution in [0.3, 0.4) is 0 Å². The number of hydrogen-bond donors (Lipinski definition) is 3. The summed E-state index contributed by atoms with van der Waals surface area (Å²) in [7, 11) is 2.95. The van der Waals surface area contributed by atoms with Gasteiger partial charge in [-0.3, -0.25) is 10.2 Å². The second-order valence-electron chi connectivity index (χ2n) is 2.91. The largest absolute Gasteiger partial charge is 0.493 e. The van der Waals surface area contributed by atoms with Crippen molar-refractivity contribution in [1.29, 1.82) is 5.41 Å². The summed E-state index contributed by atoms with van der Waals surface area (Å²) in [4.78, 5) is 11.5. The van der Waals surface area contributed by atoms with Crippen molar-refractivity contribution in [2.45, 2.75) is 0 Å². The molecule has 0 spiro atoms. The van der Waals surface area contributed by atoms with E-state index in [1.165, 1.54) is 26.4 Å². The molecule has 0 bridgehead atoms. The highest BCUT2D eigenvalue weighted by molar-refractivity contribution is 6.04. The Hall–Kier alpha value is -2.24. The summed E-state index contributed by atoms with van der Waals surface area (Å²) in [5, 5.41) is 8.99. The van der Waals surface area contributed by atoms with Gasteiger partial charge in [-0.05, 0) is 6.07 Å². The predicted molar refractivity (Wildman–Crippen MR) is 60.2 cm³/mol. The first kappa shape index (κ1) is 11.8. The number of amides is 1. The molecule has 0 radical (unpaired) electrons. The van der Waals surface area contributed by atoms with E-state index in [0.717, 1.165) is 6.34 Å². The van der Waals surface area contributed by atoms with Crippen LogP contribution < -0.4 is 20.5 Å². The van der Waals surface area contributed by atoms with Crippen molar-refractivity contribution in [3.8, 4) is 11.5 Å². The molecule has 16 heavy (non-hydrogen) atoms. The number of carbonyl (C=O) groups is 1. The van der Waals surface area contributed by atoms with Gasteiger partial charge in [0.1, 0.15) is 0 Å². The van der Waals surface area contributed by atoms with E-state index in [2.05, 4.69) is 5.32 Å². The van der Waals surface area contributed by atoms with Gasteiger partial charge in [-0.2, -0.15) is 0 Å². The first-order valence-corrected chi connectivity index (χ1v) is 4.45. The molecular weight excluding hydrogens is 210 g/mol. The molecule has 1 rings (SSSR count). The standard InChI is InChI=1S/C10H13N3O3/c1-15-8-3-6(10(14)13-5-11)7(12)4-9(8)16-2/h3-5H,12H2,1-2H3,(H2,11,13,14). The van der Waals surface area contributed by atoms with Crippen molar-refractivity contribution in [1.82, 2.24) is 5.32 Å². The monoisotopic (exact) mass is 223 g/mol. The maximum Gasteiger partial charge on any atom is 0.258 e. The highest BCUT2D eigenvalue weighted by Crippen LogP contribution is 2.31. The molecule has 0 saturated carbocycles. The predicted octanol–water partition coefficient (Wildman–Crippen LogP) is 0.623. The average Bonchev–Trinajstić information content (AvgIpc) is 2.28. The van der Waals surface area contributed by atoms with E-state index in [4.69, 9.17) is 20.6 Å². The molecule has 0 atom stereocenters. The lowest BCUT2D eigenvalue weighted by molar-refractivity contribution is 0.0979. The average molecular weight is 223 g/mol. The molecule has 1 aromatic rings. The van der Waals surface area contributed by atoms with E-state index in [1.807, 2.05) is 0 Å². The molecule has 0 aromatic heterocycles. The van der Waals surface area contributed by atoms with Crippen LogP contribution in [-0.2, 0) is 0 Å². The molecular formula is C10H13N3O3. The Kier molecular flexibility index (Phi) is 3.71. The van der Waals surface area contributed by atoms with Gasteiger partial charge in [0.15, 0.2) is 11.5 Å². The van der Waals surface area contributed by atoms with Crippen LogP contribution in [0.25, 0.3) is 0 Å². The molecule has 0 aliphatic rings. The van der Waals surface area contributed by atoms with Crippen LogP contribution in [0.1, 0.15) is 10.4 Å². The van der Waals surface area contributed by atoms with E-state index < -0.39 is 5.91 Å². The zero-order chi connectivity index (χ0) is 12.1. The minimum absolute atomic E-state index is 0.237. The maximum atomic E-state index is 11.5. The van der Waals surface area contributed by atoms with Crippen LogP contribution in [-0.4, -0.2) is 26.5 Å². The van der Waals surface area contributed by atoms with Gasteiger partial charge in [0.05, 0.1) is 26.1 Å². The molecule has 4 N–H and O–H groups in total. The van der Waals surface area contributed by atoms with Crippen molar-refractivity contribution in [2.75, 3.05) is 20.0 Å². The lowest BCUT2D eigenvalue weighted by Crippen LogP contribution is -2.22. The van der Waals surface area contributed by atoms with Crippen LogP contribution in [0.5, 0.6) is 11.5 Å². The number of carbonyl (C=O) groups excluding carboxylic acids is 1. The lowest BCUT2D eigenvalue weighted by Gasteiger charge is -2.11. The van der Waals surface area contributed by atoms with Crippen LogP contribution in [0.15, 0.2) is 12.1 Å². The second kappa shape index (κ2) is 5.01. The number of ether oxygens (including phenoxy) is 2. The van der Waals surface area contributed by atoms with Gasteiger partial charge in [0.2, 0.25) is 0 Å². The number of anilines is 1. The molecule has 1 amide bonds. The Morgan fingerprint density at radius 2 is 1.94 bits per heavy atom. The Balaban J connectivity index is 3.20. The smallest absolute Gasteiger partial charge is 0.258 e. The fourth-order valence-electron chi connectivity index (χ4n) is 1.23. The van der Waals surface area contributed by atoms with Crippen molar-refractivity contribution in [2.24, 2.45) is 0 Å². The minimum Gasteiger partial charge on any atom is -0.493 e. The number of hydrogen-bond acceptors (Lipinski definition) is 5. The van der Waals surface area contributed by atoms with Crippen molar-refractivity contribution in [3.05, 3.63) is 17.7 Å². The summed E-state index contributed by atoms with van der Waals surface area (Å²) >= 11 is 0. The highest BCUT2D eigenvalue weighted by atomic mass is 16.5. The van der Waals surface area contributed by atoms with Gasteiger partial charge in [0.25, 0.3) is 5.91 Å². The summed E-state index contributed by atoms with van der Waals surface area (Å²) in [6.07, 6.45) is 0.790. The van der Waals surface area contributed by atoms with Crippen molar-refractivity contribution < 1.29 is 14.3 Å². The summed E-state index contributed by atoms with van der Waals surface area (Å²) in [5.41, 5.74) is 6.18. The SMILES string of the molecule is COc1cc(N)c(C(=O)NC=N)cc1OC. The van der Waals surface area contributed by atoms with E-state index in [9.17, 15) is 4.79 Å². The highest BCUT2D eigenvalue weighted by Gasteiger charge is 2.14. The van der Waals surface area contributed by atoms with E-state index in [1.54, 1.807) is 0 Å². The van der Waals surface area contributed by atoms with Gasteiger partial charge >= 0.3 is 0 Å². The van der Waals surface area contributed by atoms with E-state index in [0.29, 0.717) is 11.5 Å². The van der Waals surface area contributed by atoms with Crippen molar-refractivity contribution in [3.63, 3.8) is 0 Å². The molecule has 0 unspecified atom stereocenters. The first-order valence-electron chi connectivity index (χ1n) is 4.45. The van der Waals surface area contributed by atoms with Gasteiger partial charge in [-0.25, -0.2) is 0 Å². The molecule has 0 saturated heterocycles. The number of rotatable bonds is 4. The fourth-order valence-corrected chi connectivity index (χ4v) is 1.23. The fraction of sp³-hybridized carbons (Fsp3) is 0.200. The molecule has 6 nitrogen and oxygen atoms in total. The Morgan fingerprint density at radius 3 is 2.44 bits per heavy atom. The Bertz CT molecular complexity index is 418. The van der Waals surface area contributed by atoms with Crippen LogP contribution in [0.2, 0.25) is 0 Å². The quantitative estimate of drug-likeness (QED) is 0.396. The third-order valence-electron chi connectivity index (χ3n) is 2.00. The zero-order valence-corrected chi connectivity index (χ0v) is 9.03. The summed E-state index contributed by atoms with van der Waals surface area (Å²) in [5.74, 6) is 0.395. The first-order chi connectivity index (χ1) is 7.63. The Labute approximate surface area is 92.9 Å². The van der Waals surface area contributed by atoms with Gasteiger partial charge < -0.3 is 20.5 Å². The van der Waals surface area contributed by atoms with Gasteiger partial charge in [0, 0.05) is 11.8 Å². The second-order valence-corrected chi connectivity index (χ2v) is 2.91. The summed E-state index contributed by atoms with van der Waals surface area (Å²) < 4.78 is 10.1. The number of nitrogens with two attached hydrogens (primary N) is 1. The van der Waals surface area contributed by atoms with Gasteiger partial charge in [-0.15, -0.1) is 0 Å². The van der Waals surface area contributed by atoms with Crippen LogP contribution in [0, 0.1) is 5.41 Å². The summed E-state index contributed by atoms with van der Waals surface area (Å²) in [6.45, 7) is 0. The zero-order valence-electron chi connectivity index (χ0n) is 9.03. The molecule has 86 valence electrons. The topological polar surface area (TPSA) is 97.4 Å². The van der Waals surface area contributed by atoms with Crippen LogP contribution in [0.4, 0.5) is 5.69 Å². The third kappa shape index (κ3) is 2.22. The molecule has 0 aliphatic heterocycles. The van der Waals surface area contributed by atoms with E-state index in [-0.39, 0.29) is 11.3 Å². The van der Waals surface area contributed by atoms with Crippen LogP contribution >= 0.6 is 0 Å². The molecule has 0 fully saturated rings. The number of nitrogens with one attached hydrogen (secondary N) is 2. The maximum absolute atomic E-state index is 11.5. The normalized spacial score (nSPS) is 9.38. The van der Waals surface area contributed by atoms with E-state index >= 15 is 0 Å². The van der Waals surface area contributed by atoms with Crippen molar-refractivity contribution >= 4 is 17.9 Å². The molecule has 1 aromatic carbocycles. The Morgan fingerprint density at radius 1 is 1.38 bits per heavy atom. The number of nitrogen functional groups attached to an aromatic ring is 1.